The molecule has 1 amide bonds. The lowest BCUT2D eigenvalue weighted by molar-refractivity contribution is -0.117. The summed E-state index contributed by atoms with van der Waals surface area (Å²) in [5.41, 5.74) is 5.43. The van der Waals surface area contributed by atoms with Gasteiger partial charge in [-0.15, -0.1) is 0 Å². The van der Waals surface area contributed by atoms with E-state index in [-0.39, 0.29) is 6.61 Å². The Balaban J connectivity index is 1.94. The van der Waals surface area contributed by atoms with Crippen molar-refractivity contribution in [3.63, 3.8) is 0 Å². The van der Waals surface area contributed by atoms with Crippen LogP contribution in [0.25, 0.3) is 11.1 Å². The van der Waals surface area contributed by atoms with Gasteiger partial charge in [0.15, 0.2) is 0 Å². The van der Waals surface area contributed by atoms with Crippen LogP contribution in [-0.2, 0) is 22.7 Å². The minimum atomic E-state index is 0.00715. The van der Waals surface area contributed by atoms with Crippen molar-refractivity contribution in [2.45, 2.75) is 25.6 Å². The van der Waals surface area contributed by atoms with Gasteiger partial charge >= 0.3 is 0 Å². The lowest BCUT2D eigenvalue weighted by Gasteiger charge is -2.17. The average molecular weight is 325 g/mol. The molecule has 1 saturated heterocycles. The molecule has 0 saturated carbocycles. The number of aliphatic hydroxyl groups is 1. The van der Waals surface area contributed by atoms with Gasteiger partial charge in [-0.25, -0.2) is 0 Å². The Kier molecular flexibility index (Phi) is 5.28. The normalized spacial score (nSPS) is 17.2. The Bertz CT molecular complexity index is 714. The molecule has 2 aromatic carbocycles. The minimum Gasteiger partial charge on any atom is -0.392 e. The molecule has 4 nitrogen and oxygen atoms in total. The standard InChI is InChI=1S/C20H23NO3/c1-24-13-17-4-2-3-5-19(17)15-6-7-20(18(10-15)12-22)16-8-9-21(11-16)14-23/h2-7,10,14,16,22H,8-9,11-13H2,1H3. The van der Waals surface area contributed by atoms with Crippen molar-refractivity contribution in [3.8, 4) is 11.1 Å². The van der Waals surface area contributed by atoms with Gasteiger partial charge < -0.3 is 14.7 Å². The van der Waals surface area contributed by atoms with Gasteiger partial charge in [-0.2, -0.15) is 0 Å². The zero-order valence-electron chi connectivity index (χ0n) is 13.9. The number of likely N-dealkylation sites (tertiary alicyclic amines) is 1. The summed E-state index contributed by atoms with van der Waals surface area (Å²) in [6, 6.07) is 14.4. The van der Waals surface area contributed by atoms with Crippen molar-refractivity contribution in [1.29, 1.82) is 0 Å². The van der Waals surface area contributed by atoms with Crippen LogP contribution < -0.4 is 0 Å². The molecule has 0 radical (unpaired) electrons. The molecule has 1 N–H and O–H groups in total. The molecule has 1 unspecified atom stereocenters. The fourth-order valence-corrected chi connectivity index (χ4v) is 3.53. The zero-order chi connectivity index (χ0) is 16.9. The molecule has 0 aliphatic carbocycles. The van der Waals surface area contributed by atoms with Gasteiger partial charge in [0.2, 0.25) is 6.41 Å². The van der Waals surface area contributed by atoms with Gasteiger partial charge in [-0.3, -0.25) is 4.79 Å². The quantitative estimate of drug-likeness (QED) is 0.831. The number of rotatable bonds is 6. The Morgan fingerprint density at radius 2 is 2.08 bits per heavy atom. The molecule has 1 aliphatic heterocycles. The molecular weight excluding hydrogens is 302 g/mol. The van der Waals surface area contributed by atoms with E-state index in [1.54, 1.807) is 12.0 Å². The smallest absolute Gasteiger partial charge is 0.209 e. The molecule has 1 fully saturated rings. The number of carbonyl (C=O) groups excluding carboxylic acids is 1. The second-order valence-electron chi connectivity index (χ2n) is 6.25. The molecule has 1 atom stereocenters. The first-order chi connectivity index (χ1) is 11.8. The van der Waals surface area contributed by atoms with Crippen LogP contribution in [0.1, 0.15) is 29.0 Å². The average Bonchev–Trinajstić information content (AvgIpc) is 3.11. The van der Waals surface area contributed by atoms with Crippen LogP contribution in [0.2, 0.25) is 0 Å². The zero-order valence-corrected chi connectivity index (χ0v) is 13.9. The van der Waals surface area contributed by atoms with Gasteiger partial charge in [0.25, 0.3) is 0 Å². The fourth-order valence-electron chi connectivity index (χ4n) is 3.53. The number of benzene rings is 2. The molecule has 4 heteroatoms. The highest BCUT2D eigenvalue weighted by atomic mass is 16.5. The summed E-state index contributed by atoms with van der Waals surface area (Å²) < 4.78 is 5.29. The Labute approximate surface area is 142 Å². The molecule has 0 aromatic heterocycles. The van der Waals surface area contributed by atoms with Crippen molar-refractivity contribution in [1.82, 2.24) is 4.90 Å². The van der Waals surface area contributed by atoms with E-state index < -0.39 is 0 Å². The van der Waals surface area contributed by atoms with Gasteiger partial charge in [0.05, 0.1) is 13.2 Å². The largest absolute Gasteiger partial charge is 0.392 e. The third-order valence-electron chi connectivity index (χ3n) is 4.75. The summed E-state index contributed by atoms with van der Waals surface area (Å²) in [5, 5.41) is 9.84. The van der Waals surface area contributed by atoms with Crippen molar-refractivity contribution in [2.24, 2.45) is 0 Å². The van der Waals surface area contributed by atoms with E-state index in [0.717, 1.165) is 53.7 Å². The Morgan fingerprint density at radius 1 is 1.25 bits per heavy atom. The third-order valence-corrected chi connectivity index (χ3v) is 4.75. The van der Waals surface area contributed by atoms with Crippen LogP contribution in [-0.4, -0.2) is 36.6 Å². The van der Waals surface area contributed by atoms with Crippen LogP contribution in [0.3, 0.4) is 0 Å². The monoisotopic (exact) mass is 325 g/mol. The molecule has 0 bridgehead atoms. The summed E-state index contributed by atoms with van der Waals surface area (Å²) in [6.07, 6.45) is 1.86. The molecule has 3 rings (SSSR count). The first-order valence-electron chi connectivity index (χ1n) is 8.27. The first-order valence-corrected chi connectivity index (χ1v) is 8.27. The number of methoxy groups -OCH3 is 1. The third kappa shape index (κ3) is 3.35. The summed E-state index contributed by atoms with van der Waals surface area (Å²) >= 11 is 0. The van der Waals surface area contributed by atoms with Gasteiger partial charge in [-0.1, -0.05) is 36.4 Å². The van der Waals surface area contributed by atoms with Gasteiger partial charge in [0.1, 0.15) is 0 Å². The highest BCUT2D eigenvalue weighted by Crippen LogP contribution is 2.33. The number of aliphatic hydroxyl groups excluding tert-OH is 1. The fraction of sp³-hybridized carbons (Fsp3) is 0.350. The van der Waals surface area contributed by atoms with E-state index in [9.17, 15) is 9.90 Å². The molecule has 2 aromatic rings. The van der Waals surface area contributed by atoms with Crippen LogP contribution in [0.5, 0.6) is 0 Å². The molecule has 0 spiro atoms. The summed E-state index contributed by atoms with van der Waals surface area (Å²) in [6.45, 7) is 2.09. The maximum absolute atomic E-state index is 10.9. The van der Waals surface area contributed by atoms with Crippen molar-refractivity contribution in [2.75, 3.05) is 20.2 Å². The SMILES string of the molecule is COCc1ccccc1-c1ccc(C2CCN(C=O)C2)c(CO)c1. The predicted molar refractivity (Wildman–Crippen MR) is 93.5 cm³/mol. The van der Waals surface area contributed by atoms with Gasteiger partial charge in [0, 0.05) is 26.1 Å². The number of ether oxygens (including phenoxy) is 1. The molecule has 1 aliphatic rings. The molecule has 126 valence electrons. The van der Waals surface area contributed by atoms with Crippen LogP contribution in [0.4, 0.5) is 0 Å². The van der Waals surface area contributed by atoms with Gasteiger partial charge in [-0.05, 0) is 40.3 Å². The number of hydrogen-bond acceptors (Lipinski definition) is 3. The number of carbonyl (C=O) groups is 1. The van der Waals surface area contributed by atoms with Crippen molar-refractivity contribution < 1.29 is 14.6 Å². The molecular formula is C20H23NO3. The first kappa shape index (κ1) is 16.7. The van der Waals surface area contributed by atoms with E-state index in [1.807, 2.05) is 12.1 Å². The van der Waals surface area contributed by atoms with Crippen LogP contribution in [0.15, 0.2) is 42.5 Å². The Morgan fingerprint density at radius 3 is 2.79 bits per heavy atom. The number of hydrogen-bond donors (Lipinski definition) is 1. The lowest BCUT2D eigenvalue weighted by Crippen LogP contribution is -2.17. The lowest BCUT2D eigenvalue weighted by atomic mass is 9.90. The summed E-state index contributed by atoms with van der Waals surface area (Å²) in [5.74, 6) is 0.306. The highest BCUT2D eigenvalue weighted by molar-refractivity contribution is 5.68. The molecule has 24 heavy (non-hydrogen) atoms. The maximum atomic E-state index is 10.9. The van der Waals surface area contributed by atoms with E-state index >= 15 is 0 Å². The Hall–Kier alpha value is -2.17. The molecule has 1 heterocycles. The van der Waals surface area contributed by atoms with E-state index in [0.29, 0.717) is 12.5 Å². The number of amides is 1. The second-order valence-corrected chi connectivity index (χ2v) is 6.25. The van der Waals surface area contributed by atoms with E-state index in [2.05, 4.69) is 30.3 Å². The van der Waals surface area contributed by atoms with Crippen LogP contribution >= 0.6 is 0 Å². The van der Waals surface area contributed by atoms with Crippen LogP contribution in [0, 0.1) is 0 Å². The predicted octanol–water partition coefficient (Wildman–Crippen LogP) is 2.94. The second kappa shape index (κ2) is 7.60. The summed E-state index contributed by atoms with van der Waals surface area (Å²) in [4.78, 5) is 12.7. The van der Waals surface area contributed by atoms with E-state index in [1.165, 1.54) is 0 Å². The van der Waals surface area contributed by atoms with E-state index in [4.69, 9.17) is 4.74 Å². The maximum Gasteiger partial charge on any atom is 0.209 e. The minimum absolute atomic E-state index is 0.00715. The van der Waals surface area contributed by atoms with Crippen molar-refractivity contribution in [3.05, 3.63) is 59.2 Å². The van der Waals surface area contributed by atoms with Crippen molar-refractivity contribution >= 4 is 6.41 Å². The topological polar surface area (TPSA) is 49.8 Å². The highest BCUT2D eigenvalue weighted by Gasteiger charge is 2.24. The summed E-state index contributed by atoms with van der Waals surface area (Å²) in [7, 11) is 1.69. The number of nitrogens with zero attached hydrogens (tertiary/aromatic N) is 1.